The predicted octanol–water partition coefficient (Wildman–Crippen LogP) is 5.84. The van der Waals surface area contributed by atoms with Gasteiger partial charge in [-0.2, -0.15) is 0 Å². The van der Waals surface area contributed by atoms with Crippen molar-refractivity contribution in [3.63, 3.8) is 0 Å². The Morgan fingerprint density at radius 1 is 0.880 bits per heavy atom. The van der Waals surface area contributed by atoms with Gasteiger partial charge in [-0.15, -0.1) is 0 Å². The molecule has 3 aromatic carbocycles. The second-order valence-electron chi connectivity index (χ2n) is 5.82. The van der Waals surface area contributed by atoms with E-state index in [1.54, 1.807) is 0 Å². The van der Waals surface area contributed by atoms with Crippen LogP contribution in [0.4, 0.5) is 0 Å². The molecule has 0 heterocycles. The van der Waals surface area contributed by atoms with Crippen molar-refractivity contribution in [1.82, 2.24) is 0 Å². The monoisotopic (exact) mass is 397 g/mol. The fourth-order valence-electron chi connectivity index (χ4n) is 2.42. The minimum atomic E-state index is -0.0236. The molecule has 0 aliphatic heterocycles. The van der Waals surface area contributed by atoms with E-state index in [9.17, 15) is 0 Å². The molecule has 25 heavy (non-hydrogen) atoms. The molecule has 3 aromatic rings. The number of hydrogen-bond acceptors (Lipinski definition) is 3. The summed E-state index contributed by atoms with van der Waals surface area (Å²) in [5.74, 6) is 2.33. The Labute approximate surface area is 156 Å². The van der Waals surface area contributed by atoms with Crippen molar-refractivity contribution >= 4 is 15.9 Å². The molecule has 0 spiro atoms. The third-order valence-electron chi connectivity index (χ3n) is 3.77. The van der Waals surface area contributed by atoms with Gasteiger partial charge in [0.15, 0.2) is 0 Å². The highest BCUT2D eigenvalue weighted by Crippen LogP contribution is 2.30. The molecule has 0 fully saturated rings. The molecular weight excluding hydrogens is 378 g/mol. The lowest BCUT2D eigenvalue weighted by molar-refractivity contribution is 0.306. The lowest BCUT2D eigenvalue weighted by Crippen LogP contribution is -2.05. The first-order chi connectivity index (χ1) is 12.1. The van der Waals surface area contributed by atoms with Crippen LogP contribution in [0, 0.1) is 0 Å². The minimum absolute atomic E-state index is 0.0236. The van der Waals surface area contributed by atoms with Crippen LogP contribution in [0.1, 0.15) is 24.1 Å². The molecule has 3 nitrogen and oxygen atoms in total. The molecule has 128 valence electrons. The van der Waals surface area contributed by atoms with E-state index in [1.807, 2.05) is 79.7 Å². The predicted molar refractivity (Wildman–Crippen MR) is 104 cm³/mol. The molecule has 0 saturated carbocycles. The zero-order chi connectivity index (χ0) is 17.6. The second kappa shape index (κ2) is 8.19. The summed E-state index contributed by atoms with van der Waals surface area (Å²) in [6.07, 6.45) is 0. The van der Waals surface area contributed by atoms with E-state index in [0.29, 0.717) is 6.61 Å². The van der Waals surface area contributed by atoms with Gasteiger partial charge < -0.3 is 15.2 Å². The highest BCUT2D eigenvalue weighted by Gasteiger charge is 2.07. The van der Waals surface area contributed by atoms with Gasteiger partial charge in [-0.25, -0.2) is 0 Å². The van der Waals surface area contributed by atoms with Crippen molar-refractivity contribution in [3.8, 4) is 17.2 Å². The zero-order valence-corrected chi connectivity index (χ0v) is 15.6. The van der Waals surface area contributed by atoms with Crippen LogP contribution in [0.25, 0.3) is 0 Å². The van der Waals surface area contributed by atoms with Crippen molar-refractivity contribution < 1.29 is 9.47 Å². The maximum atomic E-state index is 5.92. The van der Waals surface area contributed by atoms with E-state index in [-0.39, 0.29) is 6.04 Å². The first kappa shape index (κ1) is 17.5. The van der Waals surface area contributed by atoms with E-state index in [2.05, 4.69) is 15.9 Å². The fourth-order valence-corrected chi connectivity index (χ4v) is 3.14. The lowest BCUT2D eigenvalue weighted by atomic mass is 10.1. The van der Waals surface area contributed by atoms with Crippen molar-refractivity contribution in [2.45, 2.75) is 19.6 Å². The first-order valence-electron chi connectivity index (χ1n) is 8.11. The molecule has 0 aliphatic carbocycles. The molecule has 3 rings (SSSR count). The molecule has 0 saturated heterocycles. The Balaban J connectivity index is 1.62. The van der Waals surface area contributed by atoms with Gasteiger partial charge in [0.1, 0.15) is 23.9 Å². The smallest absolute Gasteiger partial charge is 0.128 e. The van der Waals surface area contributed by atoms with Gasteiger partial charge in [-0.3, -0.25) is 0 Å². The lowest BCUT2D eigenvalue weighted by Gasteiger charge is -2.12. The molecule has 0 amide bonds. The molecule has 0 unspecified atom stereocenters. The van der Waals surface area contributed by atoms with Crippen LogP contribution in [-0.2, 0) is 6.61 Å². The molecule has 0 aromatic heterocycles. The zero-order valence-electron chi connectivity index (χ0n) is 14.0. The maximum absolute atomic E-state index is 5.92. The fraction of sp³-hybridized carbons (Fsp3) is 0.143. The van der Waals surface area contributed by atoms with Crippen LogP contribution < -0.4 is 15.2 Å². The molecule has 0 bridgehead atoms. The summed E-state index contributed by atoms with van der Waals surface area (Å²) in [5, 5.41) is 0. The van der Waals surface area contributed by atoms with Crippen LogP contribution in [0.3, 0.4) is 0 Å². The Morgan fingerprint density at radius 2 is 1.52 bits per heavy atom. The third kappa shape index (κ3) is 4.84. The van der Waals surface area contributed by atoms with Crippen LogP contribution >= 0.6 is 15.9 Å². The first-order valence-corrected chi connectivity index (χ1v) is 8.91. The van der Waals surface area contributed by atoms with E-state index >= 15 is 0 Å². The number of halogens is 1. The molecule has 0 aliphatic rings. The van der Waals surface area contributed by atoms with Crippen molar-refractivity contribution in [2.24, 2.45) is 5.73 Å². The third-order valence-corrected chi connectivity index (χ3v) is 4.46. The highest BCUT2D eigenvalue weighted by atomic mass is 79.9. The summed E-state index contributed by atoms with van der Waals surface area (Å²) < 4.78 is 12.6. The number of benzene rings is 3. The summed E-state index contributed by atoms with van der Waals surface area (Å²) in [6.45, 7) is 2.50. The van der Waals surface area contributed by atoms with Gasteiger partial charge in [0.05, 0.1) is 0 Å². The minimum Gasteiger partial charge on any atom is -0.489 e. The van der Waals surface area contributed by atoms with Gasteiger partial charge in [0.2, 0.25) is 0 Å². The number of nitrogens with two attached hydrogens (primary N) is 1. The quantitative estimate of drug-likeness (QED) is 0.567. The summed E-state index contributed by atoms with van der Waals surface area (Å²) in [5.41, 5.74) is 8.11. The van der Waals surface area contributed by atoms with Crippen molar-refractivity contribution in [2.75, 3.05) is 0 Å². The highest BCUT2D eigenvalue weighted by molar-refractivity contribution is 9.10. The Kier molecular flexibility index (Phi) is 5.74. The average molecular weight is 398 g/mol. The molecule has 4 heteroatoms. The average Bonchev–Trinajstić information content (AvgIpc) is 2.62. The van der Waals surface area contributed by atoms with Gasteiger partial charge in [-0.05, 0) is 54.4 Å². The summed E-state index contributed by atoms with van der Waals surface area (Å²) >= 11 is 3.54. The number of hydrogen-bond donors (Lipinski definition) is 1. The van der Waals surface area contributed by atoms with Crippen molar-refractivity contribution in [3.05, 3.63) is 88.4 Å². The Bertz CT molecular complexity index is 817. The molecular formula is C21H20BrNO2. The molecule has 0 radical (unpaired) electrons. The van der Waals surface area contributed by atoms with E-state index in [4.69, 9.17) is 15.2 Å². The number of rotatable bonds is 6. The van der Waals surface area contributed by atoms with Crippen LogP contribution in [0.15, 0.2) is 77.3 Å². The van der Waals surface area contributed by atoms with E-state index in [1.165, 1.54) is 0 Å². The van der Waals surface area contributed by atoms with Crippen molar-refractivity contribution in [1.29, 1.82) is 0 Å². The van der Waals surface area contributed by atoms with Gasteiger partial charge in [0.25, 0.3) is 0 Å². The standard InChI is InChI=1S/C21H20BrNO2/c1-15(23)20-12-11-19(13-21(20)22)25-18-9-7-17(8-10-18)24-14-16-5-3-2-4-6-16/h2-13,15H,14,23H2,1H3/t15-/m0/s1. The molecule has 1 atom stereocenters. The number of ether oxygens (including phenoxy) is 2. The summed E-state index contributed by atoms with van der Waals surface area (Å²) in [6, 6.07) is 23.5. The van der Waals surface area contributed by atoms with Gasteiger partial charge in [-0.1, -0.05) is 52.3 Å². The summed E-state index contributed by atoms with van der Waals surface area (Å²) in [7, 11) is 0. The SMILES string of the molecule is C[C@H](N)c1ccc(Oc2ccc(OCc3ccccc3)cc2)cc1Br. The van der Waals surface area contributed by atoms with Crippen LogP contribution in [0.5, 0.6) is 17.2 Å². The van der Waals surface area contributed by atoms with E-state index in [0.717, 1.165) is 32.8 Å². The van der Waals surface area contributed by atoms with E-state index < -0.39 is 0 Å². The molecule has 2 N–H and O–H groups in total. The van der Waals surface area contributed by atoms with Crippen LogP contribution in [-0.4, -0.2) is 0 Å². The van der Waals surface area contributed by atoms with Gasteiger partial charge in [0, 0.05) is 10.5 Å². The summed E-state index contributed by atoms with van der Waals surface area (Å²) in [4.78, 5) is 0. The largest absolute Gasteiger partial charge is 0.489 e. The second-order valence-corrected chi connectivity index (χ2v) is 6.67. The van der Waals surface area contributed by atoms with Crippen LogP contribution in [0.2, 0.25) is 0 Å². The van der Waals surface area contributed by atoms with Gasteiger partial charge >= 0.3 is 0 Å². The Morgan fingerprint density at radius 3 is 2.16 bits per heavy atom. The Hall–Kier alpha value is -2.30. The maximum Gasteiger partial charge on any atom is 0.128 e. The normalized spacial score (nSPS) is 11.8. The topological polar surface area (TPSA) is 44.5 Å².